The molecular formula is C27H26N2. The van der Waals surface area contributed by atoms with Crippen molar-refractivity contribution in [1.29, 1.82) is 0 Å². The molecule has 5 rings (SSSR count). The summed E-state index contributed by atoms with van der Waals surface area (Å²) in [5.41, 5.74) is 6.44. The van der Waals surface area contributed by atoms with Gasteiger partial charge in [0, 0.05) is 23.8 Å². The van der Waals surface area contributed by atoms with Gasteiger partial charge in [-0.3, -0.25) is 9.88 Å². The van der Waals surface area contributed by atoms with Crippen LogP contribution < -0.4 is 0 Å². The van der Waals surface area contributed by atoms with E-state index in [4.69, 9.17) is 0 Å². The third-order valence-electron chi connectivity index (χ3n) is 6.29. The number of hydrogen-bond acceptors (Lipinski definition) is 2. The highest BCUT2D eigenvalue weighted by molar-refractivity contribution is 5.96. The molecule has 0 saturated carbocycles. The van der Waals surface area contributed by atoms with Gasteiger partial charge in [0.2, 0.25) is 0 Å². The zero-order valence-electron chi connectivity index (χ0n) is 16.9. The first-order valence-electron chi connectivity index (χ1n) is 10.6. The third-order valence-corrected chi connectivity index (χ3v) is 6.29. The number of pyridine rings is 1. The molecular weight excluding hydrogens is 352 g/mol. The van der Waals surface area contributed by atoms with Crippen molar-refractivity contribution in [2.24, 2.45) is 0 Å². The lowest BCUT2D eigenvalue weighted by Gasteiger charge is -2.24. The number of hydrogen-bond donors (Lipinski definition) is 0. The third kappa shape index (κ3) is 3.56. The van der Waals surface area contributed by atoms with Crippen LogP contribution in [0.2, 0.25) is 0 Å². The Morgan fingerprint density at radius 1 is 0.759 bits per heavy atom. The van der Waals surface area contributed by atoms with Crippen molar-refractivity contribution < 1.29 is 0 Å². The summed E-state index contributed by atoms with van der Waals surface area (Å²) >= 11 is 0. The Kier molecular flexibility index (Phi) is 4.87. The molecule has 1 fully saturated rings. The van der Waals surface area contributed by atoms with Gasteiger partial charge in [-0.15, -0.1) is 0 Å². The minimum Gasteiger partial charge on any atom is -0.297 e. The molecule has 1 atom stereocenters. The minimum absolute atomic E-state index is 0.509. The fraction of sp³-hybridized carbons (Fsp3) is 0.222. The summed E-state index contributed by atoms with van der Waals surface area (Å²) in [5.74, 6) is 0. The molecule has 1 unspecified atom stereocenters. The molecule has 2 heteroatoms. The fourth-order valence-corrected chi connectivity index (χ4v) is 4.51. The Hall–Kier alpha value is -2.97. The van der Waals surface area contributed by atoms with E-state index in [2.05, 4.69) is 89.6 Å². The summed E-state index contributed by atoms with van der Waals surface area (Å²) in [4.78, 5) is 6.83. The van der Waals surface area contributed by atoms with E-state index < -0.39 is 0 Å². The molecule has 1 aliphatic heterocycles. The SMILES string of the molecule is CC(c1ccc(-c2ccc(-c3cccc4cnccc34)cc2)cc1)N1CCCC1. The van der Waals surface area contributed by atoms with Crippen LogP contribution in [0.3, 0.4) is 0 Å². The largest absolute Gasteiger partial charge is 0.297 e. The van der Waals surface area contributed by atoms with Crippen LogP contribution in [-0.4, -0.2) is 23.0 Å². The molecule has 3 aromatic carbocycles. The van der Waals surface area contributed by atoms with Gasteiger partial charge in [-0.2, -0.15) is 0 Å². The quantitative estimate of drug-likeness (QED) is 0.391. The summed E-state index contributed by atoms with van der Waals surface area (Å²) in [6.07, 6.45) is 6.47. The number of nitrogens with zero attached hydrogens (tertiary/aromatic N) is 2. The molecule has 1 aromatic heterocycles. The van der Waals surface area contributed by atoms with E-state index >= 15 is 0 Å². The molecule has 29 heavy (non-hydrogen) atoms. The van der Waals surface area contributed by atoms with Gasteiger partial charge < -0.3 is 0 Å². The van der Waals surface area contributed by atoms with Gasteiger partial charge in [0.15, 0.2) is 0 Å². The van der Waals surface area contributed by atoms with Gasteiger partial charge in [0.05, 0.1) is 0 Å². The summed E-state index contributed by atoms with van der Waals surface area (Å²) in [5, 5.41) is 2.42. The summed E-state index contributed by atoms with van der Waals surface area (Å²) in [7, 11) is 0. The van der Waals surface area contributed by atoms with E-state index in [1.807, 2.05) is 12.4 Å². The topological polar surface area (TPSA) is 16.1 Å². The minimum atomic E-state index is 0.509. The van der Waals surface area contributed by atoms with Crippen LogP contribution in [0, 0.1) is 0 Å². The smallest absolute Gasteiger partial charge is 0.0346 e. The van der Waals surface area contributed by atoms with Crippen LogP contribution in [0.1, 0.15) is 31.4 Å². The van der Waals surface area contributed by atoms with Crippen LogP contribution in [0.5, 0.6) is 0 Å². The van der Waals surface area contributed by atoms with E-state index in [-0.39, 0.29) is 0 Å². The van der Waals surface area contributed by atoms with Gasteiger partial charge in [0.25, 0.3) is 0 Å². The van der Waals surface area contributed by atoms with Crippen molar-refractivity contribution in [3.63, 3.8) is 0 Å². The molecule has 0 N–H and O–H groups in total. The Bertz CT molecular complexity index is 1100. The first-order valence-corrected chi connectivity index (χ1v) is 10.6. The number of rotatable bonds is 4. The molecule has 4 aromatic rings. The molecule has 0 bridgehead atoms. The second-order valence-electron chi connectivity index (χ2n) is 8.02. The standard InChI is InChI=1S/C27H26N2/c1-20(29-17-2-3-18-29)21-7-9-22(10-8-21)23-11-13-24(14-12-23)26-6-4-5-25-19-28-16-15-27(25)26/h4-16,19-20H,2-3,17-18H2,1H3. The normalized spacial score (nSPS) is 15.6. The summed E-state index contributed by atoms with van der Waals surface area (Å²) in [6.45, 7) is 4.79. The molecule has 144 valence electrons. The van der Waals surface area contributed by atoms with E-state index in [1.165, 1.54) is 64.5 Å². The maximum atomic E-state index is 4.24. The Morgan fingerprint density at radius 3 is 2.14 bits per heavy atom. The Balaban J connectivity index is 1.40. The zero-order chi connectivity index (χ0) is 19.6. The van der Waals surface area contributed by atoms with Crippen molar-refractivity contribution in [3.05, 3.63) is 90.8 Å². The zero-order valence-corrected chi connectivity index (χ0v) is 16.9. The van der Waals surface area contributed by atoms with Crippen molar-refractivity contribution in [2.45, 2.75) is 25.8 Å². The second-order valence-corrected chi connectivity index (χ2v) is 8.02. The lowest BCUT2D eigenvalue weighted by Crippen LogP contribution is -2.23. The van der Waals surface area contributed by atoms with Gasteiger partial charge in [0.1, 0.15) is 0 Å². The van der Waals surface area contributed by atoms with Gasteiger partial charge in [-0.25, -0.2) is 0 Å². The first-order chi connectivity index (χ1) is 14.3. The lowest BCUT2D eigenvalue weighted by molar-refractivity contribution is 0.263. The lowest BCUT2D eigenvalue weighted by atomic mass is 9.96. The van der Waals surface area contributed by atoms with Gasteiger partial charge >= 0.3 is 0 Å². The van der Waals surface area contributed by atoms with Crippen LogP contribution in [0.4, 0.5) is 0 Å². The molecule has 0 radical (unpaired) electrons. The maximum absolute atomic E-state index is 4.24. The van der Waals surface area contributed by atoms with Crippen molar-refractivity contribution >= 4 is 10.8 Å². The predicted molar refractivity (Wildman–Crippen MR) is 122 cm³/mol. The number of likely N-dealkylation sites (tertiary alicyclic amines) is 1. The molecule has 0 aliphatic carbocycles. The molecule has 1 aliphatic rings. The van der Waals surface area contributed by atoms with E-state index in [0.717, 1.165) is 0 Å². The number of fused-ring (bicyclic) bond motifs is 1. The fourth-order valence-electron chi connectivity index (χ4n) is 4.51. The van der Waals surface area contributed by atoms with E-state index in [9.17, 15) is 0 Å². The van der Waals surface area contributed by atoms with Crippen LogP contribution in [0.25, 0.3) is 33.0 Å². The number of benzene rings is 3. The first kappa shape index (κ1) is 18.1. The van der Waals surface area contributed by atoms with Crippen LogP contribution in [0.15, 0.2) is 85.2 Å². The molecule has 2 heterocycles. The van der Waals surface area contributed by atoms with Crippen LogP contribution >= 0.6 is 0 Å². The van der Waals surface area contributed by atoms with Gasteiger partial charge in [-0.1, -0.05) is 66.7 Å². The monoisotopic (exact) mass is 378 g/mol. The van der Waals surface area contributed by atoms with Crippen molar-refractivity contribution in [3.8, 4) is 22.3 Å². The average molecular weight is 379 g/mol. The summed E-state index contributed by atoms with van der Waals surface area (Å²) < 4.78 is 0. The van der Waals surface area contributed by atoms with Crippen molar-refractivity contribution in [2.75, 3.05) is 13.1 Å². The highest BCUT2D eigenvalue weighted by atomic mass is 15.2. The number of aromatic nitrogens is 1. The second kappa shape index (κ2) is 7.81. The Morgan fingerprint density at radius 2 is 1.41 bits per heavy atom. The molecule has 1 saturated heterocycles. The molecule has 2 nitrogen and oxygen atoms in total. The maximum Gasteiger partial charge on any atom is 0.0346 e. The predicted octanol–water partition coefficient (Wildman–Crippen LogP) is 6.73. The molecule has 0 amide bonds. The summed E-state index contributed by atoms with van der Waals surface area (Å²) in [6, 6.07) is 27.0. The average Bonchev–Trinajstić information content (AvgIpc) is 3.33. The highest BCUT2D eigenvalue weighted by Gasteiger charge is 2.19. The van der Waals surface area contributed by atoms with Crippen molar-refractivity contribution in [1.82, 2.24) is 9.88 Å². The molecule has 0 spiro atoms. The van der Waals surface area contributed by atoms with E-state index in [0.29, 0.717) is 6.04 Å². The highest BCUT2D eigenvalue weighted by Crippen LogP contribution is 2.31. The van der Waals surface area contributed by atoms with E-state index in [1.54, 1.807) is 0 Å². The van der Waals surface area contributed by atoms with Crippen LogP contribution in [-0.2, 0) is 0 Å². The van der Waals surface area contributed by atoms with Gasteiger partial charge in [-0.05, 0) is 72.1 Å². The Labute approximate surface area is 172 Å².